The molecule has 136 valence electrons. The fourth-order valence-corrected chi connectivity index (χ4v) is 2.94. The maximum atomic E-state index is 12.7. The van der Waals surface area contributed by atoms with Crippen molar-refractivity contribution in [3.8, 4) is 11.1 Å². The molecule has 2 aromatic rings. The van der Waals surface area contributed by atoms with Crippen molar-refractivity contribution in [2.24, 2.45) is 0 Å². The number of carbonyl (C=O) groups excluding carboxylic acids is 3. The first-order valence-corrected chi connectivity index (χ1v) is 9.20. The summed E-state index contributed by atoms with van der Waals surface area (Å²) in [4.78, 5) is 37.8. The molecule has 6 heteroatoms. The van der Waals surface area contributed by atoms with Crippen LogP contribution in [-0.4, -0.2) is 42.8 Å². The van der Waals surface area contributed by atoms with Gasteiger partial charge in [-0.3, -0.25) is 9.59 Å². The van der Waals surface area contributed by atoms with Gasteiger partial charge in [-0.15, -0.1) is 0 Å². The van der Waals surface area contributed by atoms with Crippen molar-refractivity contribution in [2.45, 2.75) is 19.4 Å². The number of ether oxygens (including phenoxy) is 1. The monoisotopic (exact) mass is 465 g/mol. The van der Waals surface area contributed by atoms with Gasteiger partial charge in [0.1, 0.15) is 0 Å². The SMILES string of the molecule is CCC(=O)C(C(=O)OC)N(C)C(=O)c1ccc(-c2ccc(I)cc2)cc1. The number of benzene rings is 2. The highest BCUT2D eigenvalue weighted by Gasteiger charge is 2.33. The molecule has 0 spiro atoms. The van der Waals surface area contributed by atoms with E-state index in [2.05, 4.69) is 27.3 Å². The van der Waals surface area contributed by atoms with Crippen LogP contribution in [0.2, 0.25) is 0 Å². The second-order valence-corrected chi connectivity index (χ2v) is 6.99. The van der Waals surface area contributed by atoms with Crippen LogP contribution < -0.4 is 0 Å². The van der Waals surface area contributed by atoms with Crippen LogP contribution in [0.3, 0.4) is 0 Å². The summed E-state index contributed by atoms with van der Waals surface area (Å²) in [5, 5.41) is 0. The van der Waals surface area contributed by atoms with Gasteiger partial charge in [-0.1, -0.05) is 31.2 Å². The van der Waals surface area contributed by atoms with Crippen LogP contribution in [0, 0.1) is 3.57 Å². The van der Waals surface area contributed by atoms with E-state index in [0.717, 1.165) is 19.6 Å². The van der Waals surface area contributed by atoms with Gasteiger partial charge in [-0.2, -0.15) is 0 Å². The Morgan fingerprint density at radius 3 is 1.96 bits per heavy atom. The fourth-order valence-electron chi connectivity index (χ4n) is 2.58. The van der Waals surface area contributed by atoms with Gasteiger partial charge in [0.15, 0.2) is 11.8 Å². The van der Waals surface area contributed by atoms with E-state index in [0.29, 0.717) is 5.56 Å². The summed E-state index contributed by atoms with van der Waals surface area (Å²) in [6.45, 7) is 1.65. The Labute approximate surface area is 166 Å². The lowest BCUT2D eigenvalue weighted by molar-refractivity contribution is -0.149. The quantitative estimate of drug-likeness (QED) is 0.372. The van der Waals surface area contributed by atoms with E-state index < -0.39 is 17.9 Å². The second kappa shape index (κ2) is 8.93. The molecule has 0 N–H and O–H groups in total. The lowest BCUT2D eigenvalue weighted by Gasteiger charge is -2.24. The number of carbonyl (C=O) groups is 3. The fraction of sp³-hybridized carbons (Fsp3) is 0.250. The molecule has 0 aliphatic rings. The van der Waals surface area contributed by atoms with Crippen LogP contribution in [0.5, 0.6) is 0 Å². The van der Waals surface area contributed by atoms with Crippen molar-refractivity contribution >= 4 is 40.3 Å². The third kappa shape index (κ3) is 4.49. The normalized spacial score (nSPS) is 11.5. The maximum absolute atomic E-state index is 12.7. The molecule has 5 nitrogen and oxygen atoms in total. The van der Waals surface area contributed by atoms with E-state index in [1.54, 1.807) is 19.1 Å². The predicted octanol–water partition coefficient (Wildman–Crippen LogP) is 3.55. The molecule has 0 aromatic heterocycles. The minimum atomic E-state index is -1.23. The lowest BCUT2D eigenvalue weighted by Crippen LogP contribution is -2.48. The third-order valence-corrected chi connectivity index (χ3v) is 4.81. The van der Waals surface area contributed by atoms with Gasteiger partial charge >= 0.3 is 5.97 Å². The van der Waals surface area contributed by atoms with Crippen molar-refractivity contribution in [1.82, 2.24) is 4.90 Å². The Hall–Kier alpha value is -2.22. The van der Waals surface area contributed by atoms with Crippen LogP contribution in [0.1, 0.15) is 23.7 Å². The number of methoxy groups -OCH3 is 1. The largest absolute Gasteiger partial charge is 0.467 e. The molecule has 0 heterocycles. The zero-order valence-corrected chi connectivity index (χ0v) is 17.0. The molecule has 1 amide bonds. The first-order valence-electron chi connectivity index (χ1n) is 8.12. The molecule has 0 aliphatic heterocycles. The Kier molecular flexibility index (Phi) is 6.90. The highest BCUT2D eigenvalue weighted by molar-refractivity contribution is 14.1. The minimum absolute atomic E-state index is 0.142. The third-order valence-electron chi connectivity index (χ3n) is 4.09. The van der Waals surface area contributed by atoms with Gasteiger partial charge in [0.2, 0.25) is 0 Å². The van der Waals surface area contributed by atoms with Gasteiger partial charge in [0.05, 0.1) is 7.11 Å². The lowest BCUT2D eigenvalue weighted by atomic mass is 10.0. The van der Waals surface area contributed by atoms with E-state index in [4.69, 9.17) is 0 Å². The Morgan fingerprint density at radius 2 is 1.50 bits per heavy atom. The van der Waals surface area contributed by atoms with Gasteiger partial charge < -0.3 is 9.64 Å². The molecule has 26 heavy (non-hydrogen) atoms. The van der Waals surface area contributed by atoms with Crippen molar-refractivity contribution in [3.63, 3.8) is 0 Å². The molecular formula is C20H20INO4. The molecule has 0 fully saturated rings. The highest BCUT2D eigenvalue weighted by atomic mass is 127. The second-order valence-electron chi connectivity index (χ2n) is 5.75. The van der Waals surface area contributed by atoms with Gasteiger partial charge in [-0.25, -0.2) is 4.79 Å². The number of likely N-dealkylation sites (N-methyl/N-ethyl adjacent to an activating group) is 1. The maximum Gasteiger partial charge on any atom is 0.336 e. The summed E-state index contributed by atoms with van der Waals surface area (Å²) in [7, 11) is 2.64. The van der Waals surface area contributed by atoms with E-state index in [9.17, 15) is 14.4 Å². The van der Waals surface area contributed by atoms with Crippen molar-refractivity contribution in [2.75, 3.05) is 14.2 Å². The zero-order chi connectivity index (χ0) is 19.3. The smallest absolute Gasteiger partial charge is 0.336 e. The summed E-state index contributed by atoms with van der Waals surface area (Å²) in [5.74, 6) is -1.50. The van der Waals surface area contributed by atoms with Crippen LogP contribution in [0.4, 0.5) is 0 Å². The number of halogens is 1. The van der Waals surface area contributed by atoms with Gasteiger partial charge in [-0.05, 0) is 58.0 Å². The molecule has 0 radical (unpaired) electrons. The summed E-state index contributed by atoms with van der Waals surface area (Å²) in [6.07, 6.45) is 0.142. The van der Waals surface area contributed by atoms with Crippen LogP contribution in [0.15, 0.2) is 48.5 Å². The summed E-state index contributed by atoms with van der Waals surface area (Å²) in [6, 6.07) is 13.9. The van der Waals surface area contributed by atoms with Crippen molar-refractivity contribution in [1.29, 1.82) is 0 Å². The standard InChI is InChI=1S/C20H20INO4/c1-4-17(23)18(20(25)26-3)22(2)19(24)15-7-5-13(6-8-15)14-9-11-16(21)12-10-14/h5-12,18H,4H2,1-3H3. The molecular weight excluding hydrogens is 445 g/mol. The number of ketones is 1. The first kappa shape index (κ1) is 20.1. The average molecular weight is 465 g/mol. The van der Waals surface area contributed by atoms with E-state index in [1.807, 2.05) is 36.4 Å². The van der Waals surface area contributed by atoms with E-state index in [1.165, 1.54) is 14.2 Å². The Balaban J connectivity index is 2.24. The summed E-state index contributed by atoms with van der Waals surface area (Å²) in [5.41, 5.74) is 2.43. The number of rotatable bonds is 6. The molecule has 0 saturated heterocycles. The Bertz CT molecular complexity index is 784. The molecule has 0 saturated carbocycles. The van der Waals surface area contributed by atoms with E-state index >= 15 is 0 Å². The molecule has 1 atom stereocenters. The molecule has 2 rings (SSSR count). The molecule has 0 aliphatic carbocycles. The number of nitrogens with zero attached hydrogens (tertiary/aromatic N) is 1. The predicted molar refractivity (Wildman–Crippen MR) is 108 cm³/mol. The molecule has 2 aromatic carbocycles. The topological polar surface area (TPSA) is 63.7 Å². The van der Waals surface area contributed by atoms with Crippen LogP contribution in [0.25, 0.3) is 11.1 Å². The van der Waals surface area contributed by atoms with E-state index in [-0.39, 0.29) is 12.2 Å². The summed E-state index contributed by atoms with van der Waals surface area (Å²) >= 11 is 2.24. The van der Waals surface area contributed by atoms with Crippen molar-refractivity contribution in [3.05, 3.63) is 57.7 Å². The van der Waals surface area contributed by atoms with Crippen LogP contribution >= 0.6 is 22.6 Å². The number of Topliss-reactive ketones (excluding diaryl/α,β-unsaturated/α-hetero) is 1. The zero-order valence-electron chi connectivity index (χ0n) is 14.9. The number of hydrogen-bond donors (Lipinski definition) is 0. The average Bonchev–Trinajstić information content (AvgIpc) is 2.67. The number of amides is 1. The van der Waals surface area contributed by atoms with Gasteiger partial charge in [0, 0.05) is 22.6 Å². The summed E-state index contributed by atoms with van der Waals surface area (Å²) < 4.78 is 5.82. The number of esters is 1. The highest BCUT2D eigenvalue weighted by Crippen LogP contribution is 2.21. The van der Waals surface area contributed by atoms with Gasteiger partial charge in [0.25, 0.3) is 5.91 Å². The van der Waals surface area contributed by atoms with Crippen molar-refractivity contribution < 1.29 is 19.1 Å². The minimum Gasteiger partial charge on any atom is -0.467 e. The first-order chi connectivity index (χ1) is 12.4. The van der Waals surface area contributed by atoms with Crippen LogP contribution in [-0.2, 0) is 14.3 Å². The molecule has 0 bridgehead atoms. The number of hydrogen-bond acceptors (Lipinski definition) is 4. The molecule has 1 unspecified atom stereocenters. The Morgan fingerprint density at radius 1 is 1.00 bits per heavy atom.